The number of hydrogen-bond acceptors (Lipinski definition) is 6. The van der Waals surface area contributed by atoms with Gasteiger partial charge >= 0.3 is 0 Å². The average molecular weight is 402 g/mol. The van der Waals surface area contributed by atoms with Crippen molar-refractivity contribution in [3.05, 3.63) is 54.6 Å². The van der Waals surface area contributed by atoms with Crippen LogP contribution in [0.3, 0.4) is 0 Å². The molecule has 3 rings (SSSR count). The lowest BCUT2D eigenvalue weighted by molar-refractivity contribution is -0.135. The van der Waals surface area contributed by atoms with Gasteiger partial charge in [0.1, 0.15) is 0 Å². The largest absolute Gasteiger partial charge is 0.289 e. The first-order chi connectivity index (χ1) is 13.5. The second-order valence-electron chi connectivity index (χ2n) is 6.62. The van der Waals surface area contributed by atoms with Gasteiger partial charge in [-0.2, -0.15) is 10.2 Å². The van der Waals surface area contributed by atoms with Crippen molar-refractivity contribution in [3.63, 3.8) is 0 Å². The van der Waals surface area contributed by atoms with Gasteiger partial charge in [-0.1, -0.05) is 31.0 Å². The second kappa shape index (κ2) is 9.05. The molecule has 2 aromatic carbocycles. The third-order valence-corrected chi connectivity index (χ3v) is 6.21. The smallest absolute Gasteiger partial charge is 0.248 e. The Hall–Kier alpha value is -2.62. The average Bonchev–Trinajstić information content (AvgIpc) is 2.73. The highest BCUT2D eigenvalue weighted by Crippen LogP contribution is 2.27. The van der Waals surface area contributed by atoms with E-state index in [1.54, 1.807) is 17.6 Å². The van der Waals surface area contributed by atoms with Crippen LogP contribution in [0.15, 0.2) is 69.7 Å². The molecule has 1 aliphatic rings. The maximum Gasteiger partial charge on any atom is 0.248 e. The second-order valence-corrected chi connectivity index (χ2v) is 8.34. The summed E-state index contributed by atoms with van der Waals surface area (Å²) in [5.74, 6) is -1.16. The third kappa shape index (κ3) is 5.00. The van der Waals surface area contributed by atoms with E-state index in [0.717, 1.165) is 12.8 Å². The normalized spacial score (nSPS) is 20.2. The van der Waals surface area contributed by atoms with Crippen LogP contribution >= 0.6 is 0 Å². The molecule has 0 spiro atoms. The first kappa shape index (κ1) is 20.1. The molecule has 1 saturated carbocycles. The van der Waals surface area contributed by atoms with Crippen molar-refractivity contribution in [2.75, 3.05) is 0 Å². The summed E-state index contributed by atoms with van der Waals surface area (Å²) in [5.41, 5.74) is 2.85. The number of hydrogen-bond donors (Lipinski definition) is 3. The van der Waals surface area contributed by atoms with Crippen LogP contribution in [-0.4, -0.2) is 25.6 Å². The van der Waals surface area contributed by atoms with Crippen molar-refractivity contribution in [1.29, 1.82) is 0 Å². The number of benzene rings is 2. The van der Waals surface area contributed by atoms with E-state index in [0.29, 0.717) is 24.2 Å². The molecular formula is C19H22N4O4S. The fourth-order valence-electron chi connectivity index (χ4n) is 3.24. The number of rotatable bonds is 6. The van der Waals surface area contributed by atoms with Crippen molar-refractivity contribution in [2.24, 2.45) is 16.1 Å². The number of carbonyl (C=O) groups is 1. The Bertz CT molecular complexity index is 930. The quantitative estimate of drug-likeness (QED) is 0.389. The van der Waals surface area contributed by atoms with Gasteiger partial charge in [0.15, 0.2) is 0 Å². The van der Waals surface area contributed by atoms with Crippen molar-refractivity contribution in [1.82, 2.24) is 10.2 Å². The summed E-state index contributed by atoms with van der Waals surface area (Å²) in [5, 5.41) is 17.1. The first-order valence-corrected chi connectivity index (χ1v) is 10.5. The minimum Gasteiger partial charge on any atom is -0.289 e. The van der Waals surface area contributed by atoms with Crippen LogP contribution in [0.4, 0.5) is 11.4 Å². The predicted molar refractivity (Wildman–Crippen MR) is 103 cm³/mol. The van der Waals surface area contributed by atoms with Gasteiger partial charge in [0.25, 0.3) is 0 Å². The lowest BCUT2D eigenvalue weighted by atomic mass is 9.85. The highest BCUT2D eigenvalue weighted by atomic mass is 32.2. The standard InChI is InChI=1S/C19H22N4O4S/c24-19(22-25)17-8-4-5-9-18(17)23-28(26,27)16-12-10-15(11-13-16)21-20-14-6-2-1-3-7-14/h1-3,6-7,10-13,17-18,23,25H,4-5,8-9H2,(H,22,24)/t17-,18-/m1/s1. The number of amides is 1. The zero-order valence-corrected chi connectivity index (χ0v) is 16.0. The predicted octanol–water partition coefficient (Wildman–Crippen LogP) is 3.44. The molecule has 148 valence electrons. The van der Waals surface area contributed by atoms with E-state index in [1.165, 1.54) is 12.1 Å². The Morgan fingerprint density at radius 3 is 2.18 bits per heavy atom. The van der Waals surface area contributed by atoms with Gasteiger partial charge in [0.05, 0.1) is 22.2 Å². The molecule has 0 saturated heterocycles. The summed E-state index contributed by atoms with van der Waals surface area (Å²) in [6, 6.07) is 14.7. The van der Waals surface area contributed by atoms with Crippen LogP contribution in [0, 0.1) is 5.92 Å². The molecule has 2 atom stereocenters. The molecule has 9 heteroatoms. The van der Waals surface area contributed by atoms with Gasteiger partial charge in [0, 0.05) is 6.04 Å². The van der Waals surface area contributed by atoms with Crippen molar-refractivity contribution in [2.45, 2.75) is 36.6 Å². The Labute approximate surface area is 163 Å². The molecule has 0 unspecified atom stereocenters. The van der Waals surface area contributed by atoms with E-state index in [-0.39, 0.29) is 4.90 Å². The van der Waals surface area contributed by atoms with Crippen LogP contribution in [0.25, 0.3) is 0 Å². The zero-order valence-electron chi connectivity index (χ0n) is 15.2. The number of nitrogens with zero attached hydrogens (tertiary/aromatic N) is 2. The third-order valence-electron chi connectivity index (χ3n) is 4.70. The summed E-state index contributed by atoms with van der Waals surface area (Å²) < 4.78 is 28.0. The van der Waals surface area contributed by atoms with Gasteiger partial charge in [-0.25, -0.2) is 18.6 Å². The van der Waals surface area contributed by atoms with Crippen molar-refractivity contribution < 1.29 is 18.4 Å². The van der Waals surface area contributed by atoms with Crippen LogP contribution < -0.4 is 10.2 Å². The molecule has 1 fully saturated rings. The minimum atomic E-state index is -3.80. The molecule has 1 amide bonds. The van der Waals surface area contributed by atoms with Crippen LogP contribution in [0.2, 0.25) is 0 Å². The van der Waals surface area contributed by atoms with Crippen LogP contribution in [0.1, 0.15) is 25.7 Å². The number of sulfonamides is 1. The highest BCUT2D eigenvalue weighted by molar-refractivity contribution is 7.89. The van der Waals surface area contributed by atoms with Gasteiger partial charge in [-0.15, -0.1) is 0 Å². The molecule has 0 bridgehead atoms. The fraction of sp³-hybridized carbons (Fsp3) is 0.316. The first-order valence-electron chi connectivity index (χ1n) is 9.03. The van der Waals surface area contributed by atoms with E-state index in [9.17, 15) is 13.2 Å². The SMILES string of the molecule is O=C(NO)[C@@H]1CCCC[C@H]1NS(=O)(=O)c1ccc(N=Nc2ccccc2)cc1. The molecule has 0 heterocycles. The maximum atomic E-state index is 12.7. The van der Waals surface area contributed by atoms with Gasteiger partial charge in [-0.05, 0) is 49.2 Å². The lowest BCUT2D eigenvalue weighted by Crippen LogP contribution is -2.47. The molecule has 1 aliphatic carbocycles. The molecular weight excluding hydrogens is 380 g/mol. The van der Waals surface area contributed by atoms with Gasteiger partial charge in [-0.3, -0.25) is 10.0 Å². The molecule has 0 radical (unpaired) electrons. The van der Waals surface area contributed by atoms with E-state index >= 15 is 0 Å². The summed E-state index contributed by atoms with van der Waals surface area (Å²) in [6.07, 6.45) is 2.71. The van der Waals surface area contributed by atoms with E-state index in [2.05, 4.69) is 15.0 Å². The van der Waals surface area contributed by atoms with Crippen molar-refractivity contribution >= 4 is 27.3 Å². The highest BCUT2D eigenvalue weighted by Gasteiger charge is 2.34. The number of nitrogens with one attached hydrogen (secondary N) is 2. The summed E-state index contributed by atoms with van der Waals surface area (Å²) in [6.45, 7) is 0. The zero-order chi connectivity index (χ0) is 20.0. The molecule has 2 aromatic rings. The van der Waals surface area contributed by atoms with Crippen LogP contribution in [-0.2, 0) is 14.8 Å². The van der Waals surface area contributed by atoms with E-state index < -0.39 is 27.9 Å². The molecule has 3 N–H and O–H groups in total. The lowest BCUT2D eigenvalue weighted by Gasteiger charge is -2.30. The molecule has 28 heavy (non-hydrogen) atoms. The Morgan fingerprint density at radius 1 is 0.929 bits per heavy atom. The number of carbonyl (C=O) groups excluding carboxylic acids is 1. The molecule has 0 aromatic heterocycles. The summed E-state index contributed by atoms with van der Waals surface area (Å²) in [7, 11) is -3.80. The maximum absolute atomic E-state index is 12.7. The topological polar surface area (TPSA) is 120 Å². The van der Waals surface area contributed by atoms with Gasteiger partial charge in [0.2, 0.25) is 15.9 Å². The van der Waals surface area contributed by atoms with E-state index in [4.69, 9.17) is 5.21 Å². The molecule has 8 nitrogen and oxygen atoms in total. The van der Waals surface area contributed by atoms with Crippen LogP contribution in [0.5, 0.6) is 0 Å². The fourth-order valence-corrected chi connectivity index (χ4v) is 4.55. The van der Waals surface area contributed by atoms with Gasteiger partial charge < -0.3 is 0 Å². The number of azo groups is 1. The molecule has 0 aliphatic heterocycles. The summed E-state index contributed by atoms with van der Waals surface area (Å²) in [4.78, 5) is 11.9. The minimum absolute atomic E-state index is 0.0832. The Kier molecular flexibility index (Phi) is 6.50. The Morgan fingerprint density at radius 2 is 1.54 bits per heavy atom. The number of hydroxylamine groups is 1. The monoisotopic (exact) mass is 402 g/mol. The van der Waals surface area contributed by atoms with E-state index in [1.807, 2.05) is 30.3 Å². The Balaban J connectivity index is 1.71. The van der Waals surface area contributed by atoms with Crippen molar-refractivity contribution in [3.8, 4) is 0 Å². The summed E-state index contributed by atoms with van der Waals surface area (Å²) >= 11 is 0.